The number of rotatable bonds is 7. The Balaban J connectivity index is 1.51. The van der Waals surface area contributed by atoms with Gasteiger partial charge in [0.05, 0.1) is 19.2 Å². The molecule has 0 bridgehead atoms. The van der Waals surface area contributed by atoms with E-state index in [-0.39, 0.29) is 18.1 Å². The predicted molar refractivity (Wildman–Crippen MR) is 110 cm³/mol. The Morgan fingerprint density at radius 1 is 1.25 bits per heavy atom. The number of para-hydroxylation sites is 1. The van der Waals surface area contributed by atoms with Crippen LogP contribution in [0.2, 0.25) is 0 Å². The van der Waals surface area contributed by atoms with E-state index in [1.165, 1.54) is 29.7 Å². The summed E-state index contributed by atoms with van der Waals surface area (Å²) in [7, 11) is 1.61. The van der Waals surface area contributed by atoms with Gasteiger partial charge in [-0.25, -0.2) is 14.8 Å². The van der Waals surface area contributed by atoms with E-state index >= 15 is 0 Å². The molecule has 1 heterocycles. The molecule has 5 nitrogen and oxygen atoms in total. The summed E-state index contributed by atoms with van der Waals surface area (Å²) < 4.78 is 18.2. The van der Waals surface area contributed by atoms with Crippen LogP contribution in [0.25, 0.3) is 16.6 Å². The molecule has 0 unspecified atom stereocenters. The van der Waals surface area contributed by atoms with Crippen molar-refractivity contribution in [2.75, 3.05) is 7.11 Å². The number of hydrogen-bond acceptors (Lipinski definition) is 5. The van der Waals surface area contributed by atoms with Crippen LogP contribution < -0.4 is 10.2 Å². The molecule has 7 heteroatoms. The van der Waals surface area contributed by atoms with Crippen LogP contribution in [-0.2, 0) is 11.2 Å². The van der Waals surface area contributed by atoms with Crippen molar-refractivity contribution in [3.63, 3.8) is 0 Å². The summed E-state index contributed by atoms with van der Waals surface area (Å²) in [6.07, 6.45) is 5.16. The molecule has 0 radical (unpaired) electrons. The molecule has 0 aliphatic heterocycles. The first-order valence-electron chi connectivity index (χ1n) is 8.47. The second-order valence-electron chi connectivity index (χ2n) is 5.74. The Morgan fingerprint density at radius 2 is 2.04 bits per heavy atom. The molecule has 0 saturated heterocycles. The minimum absolute atomic E-state index is 0.116. The fraction of sp³-hybridized carbons (Fsp3) is 0.0952. The maximum Gasteiger partial charge on any atom is 0.246 e. The van der Waals surface area contributed by atoms with Crippen LogP contribution in [0.1, 0.15) is 11.3 Å². The number of methoxy groups -OCH3 is 1. The molecule has 3 rings (SSSR count). The first-order valence-corrected chi connectivity index (χ1v) is 9.35. The highest BCUT2D eigenvalue weighted by molar-refractivity contribution is 7.13. The number of carbonyl (C=O) groups excluding carboxylic acids is 1. The van der Waals surface area contributed by atoms with Crippen LogP contribution >= 0.6 is 11.3 Å². The summed E-state index contributed by atoms with van der Waals surface area (Å²) in [6, 6.07) is 13.7. The molecule has 3 aromatic rings. The van der Waals surface area contributed by atoms with Crippen LogP contribution in [0.15, 0.2) is 65.1 Å². The fourth-order valence-electron chi connectivity index (χ4n) is 2.42. The van der Waals surface area contributed by atoms with Gasteiger partial charge in [0.15, 0.2) is 0 Å². The lowest BCUT2D eigenvalue weighted by Gasteiger charge is -2.02. The third-order valence-corrected chi connectivity index (χ3v) is 4.69. The van der Waals surface area contributed by atoms with Gasteiger partial charge < -0.3 is 4.74 Å². The number of thiazole rings is 1. The van der Waals surface area contributed by atoms with Crippen molar-refractivity contribution >= 4 is 29.5 Å². The van der Waals surface area contributed by atoms with Crippen molar-refractivity contribution in [1.82, 2.24) is 10.4 Å². The molecular weight excluding hydrogens is 377 g/mol. The zero-order chi connectivity index (χ0) is 19.8. The summed E-state index contributed by atoms with van der Waals surface area (Å²) in [5.41, 5.74) is 4.84. The molecule has 1 aromatic heterocycles. The lowest BCUT2D eigenvalue weighted by molar-refractivity contribution is -0.120. The molecule has 0 saturated carbocycles. The number of nitrogens with one attached hydrogen (secondary N) is 1. The van der Waals surface area contributed by atoms with Crippen molar-refractivity contribution < 1.29 is 13.9 Å². The Morgan fingerprint density at radius 3 is 2.82 bits per heavy atom. The Bertz CT molecular complexity index is 997. The first-order chi connectivity index (χ1) is 13.7. The Hall–Kier alpha value is -3.32. The third kappa shape index (κ3) is 5.34. The standard InChI is InChI=1S/C21H18FN3O2S/c1-27-19-7-3-2-5-15(19)6-4-12-23-25-20(26)13-18-14-28-21(24-18)16-8-10-17(22)11-9-16/h2-12,14H,13H2,1H3,(H,25,26)/b6-4+,23-12-. The first kappa shape index (κ1) is 19.4. The smallest absolute Gasteiger partial charge is 0.246 e. The van der Waals surface area contributed by atoms with Crippen molar-refractivity contribution in [3.8, 4) is 16.3 Å². The molecule has 2 aromatic carbocycles. The van der Waals surface area contributed by atoms with E-state index in [4.69, 9.17) is 4.74 Å². The maximum absolute atomic E-state index is 13.0. The van der Waals surface area contributed by atoms with Crippen LogP contribution in [0.3, 0.4) is 0 Å². The molecule has 1 amide bonds. The summed E-state index contributed by atoms with van der Waals surface area (Å²) in [5, 5.41) is 6.45. The Labute approximate surface area is 166 Å². The zero-order valence-corrected chi connectivity index (χ0v) is 15.9. The minimum Gasteiger partial charge on any atom is -0.496 e. The van der Waals surface area contributed by atoms with Gasteiger partial charge >= 0.3 is 0 Å². The van der Waals surface area contributed by atoms with Crippen molar-refractivity contribution in [2.24, 2.45) is 5.10 Å². The van der Waals surface area contributed by atoms with Crippen molar-refractivity contribution in [1.29, 1.82) is 0 Å². The Kier molecular flexibility index (Phi) is 6.64. The molecule has 0 spiro atoms. The number of amides is 1. The summed E-state index contributed by atoms with van der Waals surface area (Å²) in [5.74, 6) is 0.201. The molecule has 142 valence electrons. The summed E-state index contributed by atoms with van der Waals surface area (Å²) in [4.78, 5) is 16.4. The number of hydrazone groups is 1. The van der Waals surface area contributed by atoms with Crippen molar-refractivity contribution in [3.05, 3.63) is 77.1 Å². The highest BCUT2D eigenvalue weighted by atomic mass is 32.1. The minimum atomic E-state index is -0.294. The topological polar surface area (TPSA) is 63.6 Å². The van der Waals surface area contributed by atoms with Gasteiger partial charge in [0.2, 0.25) is 5.91 Å². The quantitative estimate of drug-likeness (QED) is 0.479. The van der Waals surface area contributed by atoms with Crippen LogP contribution in [-0.4, -0.2) is 24.2 Å². The van der Waals surface area contributed by atoms with E-state index in [0.29, 0.717) is 5.69 Å². The molecule has 0 aliphatic rings. The van der Waals surface area contributed by atoms with Crippen LogP contribution in [0.5, 0.6) is 5.75 Å². The second kappa shape index (κ2) is 9.57. The fourth-order valence-corrected chi connectivity index (χ4v) is 3.25. The van der Waals surface area contributed by atoms with E-state index in [1.807, 2.05) is 35.7 Å². The number of allylic oxidation sites excluding steroid dienone is 1. The molecule has 28 heavy (non-hydrogen) atoms. The highest BCUT2D eigenvalue weighted by Crippen LogP contribution is 2.24. The number of halogens is 1. The van der Waals surface area contributed by atoms with Gasteiger partial charge in [-0.3, -0.25) is 4.79 Å². The summed E-state index contributed by atoms with van der Waals surface area (Å²) in [6.45, 7) is 0. The second-order valence-corrected chi connectivity index (χ2v) is 6.60. The number of nitrogens with zero attached hydrogens (tertiary/aromatic N) is 2. The van der Waals surface area contributed by atoms with E-state index in [1.54, 1.807) is 25.3 Å². The van der Waals surface area contributed by atoms with Gasteiger partial charge in [-0.15, -0.1) is 11.3 Å². The molecule has 0 fully saturated rings. The largest absolute Gasteiger partial charge is 0.496 e. The van der Waals surface area contributed by atoms with Gasteiger partial charge in [0, 0.05) is 22.7 Å². The van der Waals surface area contributed by atoms with E-state index in [9.17, 15) is 9.18 Å². The number of aromatic nitrogens is 1. The number of benzene rings is 2. The van der Waals surface area contributed by atoms with E-state index < -0.39 is 0 Å². The summed E-state index contributed by atoms with van der Waals surface area (Å²) >= 11 is 1.41. The zero-order valence-electron chi connectivity index (χ0n) is 15.1. The molecule has 0 aliphatic carbocycles. The van der Waals surface area contributed by atoms with Crippen LogP contribution in [0.4, 0.5) is 4.39 Å². The number of carbonyl (C=O) groups is 1. The van der Waals surface area contributed by atoms with Gasteiger partial charge in [0.25, 0.3) is 0 Å². The molecule has 1 N–H and O–H groups in total. The van der Waals surface area contributed by atoms with Gasteiger partial charge in [-0.05, 0) is 42.5 Å². The SMILES string of the molecule is COc1ccccc1/C=C/C=N\NC(=O)Cc1csc(-c2ccc(F)cc2)n1. The highest BCUT2D eigenvalue weighted by Gasteiger charge is 2.08. The lowest BCUT2D eigenvalue weighted by atomic mass is 10.2. The normalized spacial score (nSPS) is 11.2. The lowest BCUT2D eigenvalue weighted by Crippen LogP contribution is -2.19. The number of ether oxygens (including phenoxy) is 1. The van der Waals surface area contributed by atoms with E-state index in [0.717, 1.165) is 21.9 Å². The monoisotopic (exact) mass is 395 g/mol. The average molecular weight is 395 g/mol. The van der Waals surface area contributed by atoms with Crippen molar-refractivity contribution in [2.45, 2.75) is 6.42 Å². The number of hydrogen-bond donors (Lipinski definition) is 1. The van der Waals surface area contributed by atoms with Gasteiger partial charge in [0.1, 0.15) is 16.6 Å². The van der Waals surface area contributed by atoms with Gasteiger partial charge in [-0.1, -0.05) is 18.2 Å². The molecular formula is C21H18FN3O2S. The predicted octanol–water partition coefficient (Wildman–Crippen LogP) is 4.32. The maximum atomic E-state index is 13.0. The third-order valence-electron chi connectivity index (χ3n) is 3.75. The van der Waals surface area contributed by atoms with Crippen LogP contribution in [0, 0.1) is 5.82 Å². The molecule has 0 atom stereocenters. The van der Waals surface area contributed by atoms with E-state index in [2.05, 4.69) is 15.5 Å². The van der Waals surface area contributed by atoms with Gasteiger partial charge in [-0.2, -0.15) is 5.10 Å². The average Bonchev–Trinajstić information content (AvgIpc) is 3.17.